The zero-order chi connectivity index (χ0) is 22.7. The molecule has 2 aromatic rings. The van der Waals surface area contributed by atoms with Crippen LogP contribution >= 0.6 is 0 Å². The van der Waals surface area contributed by atoms with Gasteiger partial charge in [0.05, 0.1) is 5.56 Å². The number of alkyl halides is 3. The van der Waals surface area contributed by atoms with E-state index in [1.165, 1.54) is 30.3 Å². The van der Waals surface area contributed by atoms with Gasteiger partial charge in [0.25, 0.3) is 0 Å². The molecular weight excluding hydrogens is 407 g/mol. The van der Waals surface area contributed by atoms with E-state index < -0.39 is 23.7 Å². The van der Waals surface area contributed by atoms with E-state index in [0.717, 1.165) is 19.1 Å². The topological polar surface area (TPSA) is 94.1 Å². The maximum Gasteiger partial charge on any atom is 0.416 e. The van der Waals surface area contributed by atoms with Gasteiger partial charge in [-0.15, -0.1) is 0 Å². The van der Waals surface area contributed by atoms with E-state index in [-0.39, 0.29) is 30.2 Å². The Hall–Kier alpha value is -3.27. The number of halogens is 3. The first-order valence-electron chi connectivity index (χ1n) is 8.58. The number of benzene rings is 2. The molecule has 0 radical (unpaired) electrons. The van der Waals surface area contributed by atoms with Crippen molar-refractivity contribution in [3.8, 4) is 11.5 Å². The molecule has 0 saturated heterocycles. The van der Waals surface area contributed by atoms with Gasteiger partial charge in [0.15, 0.2) is 0 Å². The van der Waals surface area contributed by atoms with Crippen molar-refractivity contribution in [1.82, 2.24) is 0 Å². The number of esters is 1. The van der Waals surface area contributed by atoms with Crippen LogP contribution in [0.3, 0.4) is 0 Å². The van der Waals surface area contributed by atoms with Gasteiger partial charge in [0.2, 0.25) is 0 Å². The number of anilines is 1. The predicted octanol–water partition coefficient (Wildman–Crippen LogP) is 4.08. The Bertz CT molecular complexity index is 837. The van der Waals surface area contributed by atoms with E-state index in [1.807, 2.05) is 0 Å². The van der Waals surface area contributed by atoms with E-state index in [9.17, 15) is 27.9 Å². The molecule has 30 heavy (non-hydrogen) atoms. The molecule has 0 fully saturated rings. The van der Waals surface area contributed by atoms with Gasteiger partial charge in [-0.05, 0) is 42.5 Å². The average Bonchev–Trinajstić information content (AvgIpc) is 2.66. The van der Waals surface area contributed by atoms with Crippen molar-refractivity contribution < 1.29 is 42.1 Å². The minimum atomic E-state index is -4.40. The summed E-state index contributed by atoms with van der Waals surface area (Å²) in [7, 11) is 3.25. The standard InChI is InChI=1S/C18H16F3NO5.C2H6O/c1-11(23)27-16-7-4-13(10-15(16)17(24)25)22-8-9-26-14-5-2-12(3-6-14)18(19,20)21;1-3-2/h2-7,10,22H,8-9H2,1H3,(H,24,25);1-2H3. The zero-order valence-electron chi connectivity index (χ0n) is 16.6. The van der Waals surface area contributed by atoms with Gasteiger partial charge in [-0.25, -0.2) is 4.79 Å². The van der Waals surface area contributed by atoms with Gasteiger partial charge in [-0.2, -0.15) is 13.2 Å². The molecule has 2 rings (SSSR count). The lowest BCUT2D eigenvalue weighted by Crippen LogP contribution is -2.13. The van der Waals surface area contributed by atoms with Crippen LogP contribution < -0.4 is 14.8 Å². The molecule has 2 aromatic carbocycles. The third kappa shape index (κ3) is 8.39. The maximum absolute atomic E-state index is 12.5. The molecule has 164 valence electrons. The number of hydrogen-bond acceptors (Lipinski definition) is 6. The van der Waals surface area contributed by atoms with Crippen LogP contribution in [0, 0.1) is 0 Å². The molecule has 0 spiro atoms. The highest BCUT2D eigenvalue weighted by Gasteiger charge is 2.30. The van der Waals surface area contributed by atoms with E-state index in [1.54, 1.807) is 14.2 Å². The number of hydrogen-bond donors (Lipinski definition) is 2. The highest BCUT2D eigenvalue weighted by atomic mass is 19.4. The largest absolute Gasteiger partial charge is 0.492 e. The fourth-order valence-corrected chi connectivity index (χ4v) is 2.16. The van der Waals surface area contributed by atoms with Gasteiger partial charge in [-0.3, -0.25) is 4.79 Å². The Kier molecular flexibility index (Phi) is 9.63. The van der Waals surface area contributed by atoms with Crippen molar-refractivity contribution in [1.29, 1.82) is 0 Å². The number of carboxylic acids is 1. The molecule has 0 aliphatic heterocycles. The Labute approximate surface area is 171 Å². The van der Waals surface area contributed by atoms with Crippen LogP contribution in [0.4, 0.5) is 18.9 Å². The molecule has 7 nitrogen and oxygen atoms in total. The van der Waals surface area contributed by atoms with Crippen molar-refractivity contribution in [3.63, 3.8) is 0 Å². The smallest absolute Gasteiger partial charge is 0.416 e. The first-order chi connectivity index (χ1) is 14.1. The van der Waals surface area contributed by atoms with Crippen molar-refractivity contribution in [2.75, 3.05) is 32.7 Å². The molecule has 0 aliphatic carbocycles. The lowest BCUT2D eigenvalue weighted by Gasteiger charge is -2.12. The number of aromatic carboxylic acids is 1. The van der Waals surface area contributed by atoms with Crippen LogP contribution in [0.2, 0.25) is 0 Å². The zero-order valence-corrected chi connectivity index (χ0v) is 16.6. The lowest BCUT2D eigenvalue weighted by molar-refractivity contribution is -0.137. The number of carbonyl (C=O) groups excluding carboxylic acids is 1. The summed E-state index contributed by atoms with van der Waals surface area (Å²) in [6.07, 6.45) is -4.40. The first-order valence-corrected chi connectivity index (χ1v) is 8.58. The fourth-order valence-electron chi connectivity index (χ4n) is 2.16. The Morgan fingerprint density at radius 2 is 1.67 bits per heavy atom. The summed E-state index contributed by atoms with van der Waals surface area (Å²) in [4.78, 5) is 22.2. The second-order valence-corrected chi connectivity index (χ2v) is 5.82. The second-order valence-electron chi connectivity index (χ2n) is 5.82. The van der Waals surface area contributed by atoms with Crippen molar-refractivity contribution >= 4 is 17.6 Å². The summed E-state index contributed by atoms with van der Waals surface area (Å²) in [6.45, 7) is 1.57. The molecule has 0 unspecified atom stereocenters. The quantitative estimate of drug-likeness (QED) is 0.389. The van der Waals surface area contributed by atoms with E-state index in [0.29, 0.717) is 5.69 Å². The number of nitrogens with one attached hydrogen (secondary N) is 1. The number of carboxylic acid groups (broad SMARTS) is 1. The molecule has 0 aromatic heterocycles. The molecule has 0 atom stereocenters. The summed E-state index contributed by atoms with van der Waals surface area (Å²) in [6, 6.07) is 8.48. The number of methoxy groups -OCH3 is 1. The van der Waals surface area contributed by atoms with Gasteiger partial charge >= 0.3 is 18.1 Å². The third-order valence-electron chi connectivity index (χ3n) is 3.35. The van der Waals surface area contributed by atoms with Crippen LogP contribution in [0.1, 0.15) is 22.8 Å². The summed E-state index contributed by atoms with van der Waals surface area (Å²) >= 11 is 0. The normalized spacial score (nSPS) is 10.5. The van der Waals surface area contributed by atoms with Crippen molar-refractivity contribution in [2.45, 2.75) is 13.1 Å². The third-order valence-corrected chi connectivity index (χ3v) is 3.35. The molecule has 0 amide bonds. The van der Waals surface area contributed by atoms with E-state index in [4.69, 9.17) is 9.47 Å². The van der Waals surface area contributed by atoms with Crippen LogP contribution in [0.25, 0.3) is 0 Å². The SMILES string of the molecule is CC(=O)Oc1ccc(NCCOc2ccc(C(F)(F)F)cc2)cc1C(=O)O.COC. The summed E-state index contributed by atoms with van der Waals surface area (Å²) < 4.78 is 51.9. The van der Waals surface area contributed by atoms with Gasteiger partial charge in [0.1, 0.15) is 23.7 Å². The van der Waals surface area contributed by atoms with Crippen molar-refractivity contribution in [2.24, 2.45) is 0 Å². The van der Waals surface area contributed by atoms with E-state index >= 15 is 0 Å². The Balaban J connectivity index is 0.00000141. The number of rotatable bonds is 7. The summed E-state index contributed by atoms with van der Waals surface area (Å²) in [5.41, 5.74) is -0.486. The number of carbonyl (C=O) groups is 2. The number of ether oxygens (including phenoxy) is 3. The van der Waals surface area contributed by atoms with Crippen LogP contribution in [0.15, 0.2) is 42.5 Å². The Morgan fingerprint density at radius 3 is 2.17 bits per heavy atom. The molecular formula is C20H22F3NO6. The lowest BCUT2D eigenvalue weighted by atomic mass is 10.1. The van der Waals surface area contributed by atoms with Gasteiger partial charge < -0.3 is 24.6 Å². The monoisotopic (exact) mass is 429 g/mol. The summed E-state index contributed by atoms with van der Waals surface area (Å²) in [5, 5.41) is 12.1. The minimum absolute atomic E-state index is 0.0680. The molecule has 0 heterocycles. The first kappa shape index (κ1) is 24.8. The highest BCUT2D eigenvalue weighted by Crippen LogP contribution is 2.30. The fraction of sp³-hybridized carbons (Fsp3) is 0.300. The molecule has 2 N–H and O–H groups in total. The second kappa shape index (κ2) is 11.7. The van der Waals surface area contributed by atoms with Crippen LogP contribution in [-0.2, 0) is 15.7 Å². The minimum Gasteiger partial charge on any atom is -0.492 e. The molecule has 0 saturated carbocycles. The van der Waals surface area contributed by atoms with E-state index in [2.05, 4.69) is 10.1 Å². The van der Waals surface area contributed by atoms with Crippen LogP contribution in [0.5, 0.6) is 11.5 Å². The van der Waals surface area contributed by atoms with Gasteiger partial charge in [-0.1, -0.05) is 0 Å². The van der Waals surface area contributed by atoms with Gasteiger partial charge in [0, 0.05) is 33.4 Å². The molecule has 0 bridgehead atoms. The maximum atomic E-state index is 12.5. The van der Waals surface area contributed by atoms with Crippen molar-refractivity contribution in [3.05, 3.63) is 53.6 Å². The highest BCUT2D eigenvalue weighted by molar-refractivity contribution is 5.93. The summed E-state index contributed by atoms with van der Waals surface area (Å²) in [5.74, 6) is -1.68. The Morgan fingerprint density at radius 1 is 1.07 bits per heavy atom. The van der Waals surface area contributed by atoms with Crippen LogP contribution in [-0.4, -0.2) is 44.4 Å². The molecule has 10 heteroatoms. The average molecular weight is 429 g/mol. The molecule has 0 aliphatic rings. The predicted molar refractivity (Wildman–Crippen MR) is 103 cm³/mol.